The molecular weight excluding hydrogens is 260 g/mol. The fourth-order valence-corrected chi connectivity index (χ4v) is 2.65. The molecule has 19 heavy (non-hydrogen) atoms. The normalized spacial score (nSPS) is 11.8. The minimum Gasteiger partial charge on any atom is -0.333 e. The SMILES string of the molecule is Cc1ccc2nc(SCC(C)(C)C(=O)NN)[nH]c2c1. The number of H-pyrrole nitrogens is 1. The predicted octanol–water partition coefficient (Wildman–Crippen LogP) is 1.98. The standard InChI is InChI=1S/C13H18N4OS/c1-8-4-5-9-10(6-8)16-12(15-9)19-7-13(2,3)11(18)17-14/h4-6H,7,14H2,1-3H3,(H,15,16)(H,17,18). The molecule has 1 amide bonds. The summed E-state index contributed by atoms with van der Waals surface area (Å²) in [5.41, 5.74) is 4.81. The number of fused-ring (bicyclic) bond motifs is 1. The molecule has 0 unspecified atom stereocenters. The van der Waals surface area contributed by atoms with Crippen molar-refractivity contribution in [3.05, 3.63) is 23.8 Å². The number of aromatic nitrogens is 2. The quantitative estimate of drug-likeness (QED) is 0.345. The van der Waals surface area contributed by atoms with E-state index < -0.39 is 5.41 Å². The Labute approximate surface area is 116 Å². The topological polar surface area (TPSA) is 83.8 Å². The van der Waals surface area contributed by atoms with Gasteiger partial charge in [0, 0.05) is 5.75 Å². The van der Waals surface area contributed by atoms with Crippen LogP contribution in [0.1, 0.15) is 19.4 Å². The fourth-order valence-electron chi connectivity index (χ4n) is 1.68. The van der Waals surface area contributed by atoms with Crippen molar-refractivity contribution in [2.75, 3.05) is 5.75 Å². The van der Waals surface area contributed by atoms with Gasteiger partial charge in [-0.3, -0.25) is 10.2 Å². The van der Waals surface area contributed by atoms with Crippen LogP contribution in [0.15, 0.2) is 23.4 Å². The number of nitrogens with one attached hydrogen (secondary N) is 2. The second kappa shape index (κ2) is 5.22. The van der Waals surface area contributed by atoms with Crippen molar-refractivity contribution in [1.82, 2.24) is 15.4 Å². The number of carbonyl (C=O) groups excluding carboxylic acids is 1. The zero-order valence-electron chi connectivity index (χ0n) is 11.3. The van der Waals surface area contributed by atoms with Gasteiger partial charge in [0.05, 0.1) is 16.4 Å². The van der Waals surface area contributed by atoms with Gasteiger partial charge in [-0.05, 0) is 24.6 Å². The Morgan fingerprint density at radius 1 is 1.53 bits per heavy atom. The van der Waals surface area contributed by atoms with E-state index in [0.717, 1.165) is 16.2 Å². The number of rotatable bonds is 4. The first kappa shape index (κ1) is 13.9. The van der Waals surface area contributed by atoms with Gasteiger partial charge in [0.25, 0.3) is 0 Å². The number of benzene rings is 1. The van der Waals surface area contributed by atoms with E-state index >= 15 is 0 Å². The van der Waals surface area contributed by atoms with Crippen LogP contribution in [0.2, 0.25) is 0 Å². The number of hydrogen-bond donors (Lipinski definition) is 3. The number of amides is 1. The average Bonchev–Trinajstić information content (AvgIpc) is 2.77. The lowest BCUT2D eigenvalue weighted by Crippen LogP contribution is -2.42. The molecule has 2 rings (SSSR count). The minimum atomic E-state index is -0.533. The molecule has 0 fully saturated rings. The summed E-state index contributed by atoms with van der Waals surface area (Å²) in [6.07, 6.45) is 0. The highest BCUT2D eigenvalue weighted by atomic mass is 32.2. The summed E-state index contributed by atoms with van der Waals surface area (Å²) in [6.45, 7) is 5.76. The van der Waals surface area contributed by atoms with Crippen LogP contribution in [0.3, 0.4) is 0 Å². The summed E-state index contributed by atoms with van der Waals surface area (Å²) in [4.78, 5) is 19.3. The molecular formula is C13H18N4OS. The van der Waals surface area contributed by atoms with Crippen molar-refractivity contribution in [2.45, 2.75) is 25.9 Å². The number of nitrogens with zero attached hydrogens (tertiary/aromatic N) is 1. The second-order valence-electron chi connectivity index (χ2n) is 5.21. The van der Waals surface area contributed by atoms with Crippen molar-refractivity contribution >= 4 is 28.7 Å². The summed E-state index contributed by atoms with van der Waals surface area (Å²) >= 11 is 1.52. The molecule has 2 aromatic rings. The Bertz CT molecular complexity index is 606. The van der Waals surface area contributed by atoms with E-state index in [1.807, 2.05) is 32.9 Å². The van der Waals surface area contributed by atoms with Crippen LogP contribution in [0.4, 0.5) is 0 Å². The molecule has 102 valence electrons. The largest absolute Gasteiger partial charge is 0.333 e. The highest BCUT2D eigenvalue weighted by Gasteiger charge is 2.27. The second-order valence-corrected chi connectivity index (χ2v) is 6.17. The minimum absolute atomic E-state index is 0.174. The van der Waals surface area contributed by atoms with Gasteiger partial charge in [-0.15, -0.1) is 0 Å². The van der Waals surface area contributed by atoms with Gasteiger partial charge in [0.2, 0.25) is 5.91 Å². The Kier molecular flexibility index (Phi) is 3.82. The molecule has 4 N–H and O–H groups in total. The molecule has 0 spiro atoms. The third kappa shape index (κ3) is 3.08. The van der Waals surface area contributed by atoms with Gasteiger partial charge in [0.1, 0.15) is 0 Å². The zero-order valence-corrected chi connectivity index (χ0v) is 12.1. The molecule has 1 heterocycles. The van der Waals surface area contributed by atoms with E-state index in [0.29, 0.717) is 5.75 Å². The molecule has 0 aliphatic carbocycles. The molecule has 0 aliphatic heterocycles. The lowest BCUT2D eigenvalue weighted by Gasteiger charge is -2.20. The monoisotopic (exact) mass is 278 g/mol. The summed E-state index contributed by atoms with van der Waals surface area (Å²) in [5, 5.41) is 0.818. The molecule has 1 aromatic heterocycles. The third-order valence-corrected chi connectivity index (χ3v) is 4.26. The highest BCUT2D eigenvalue weighted by molar-refractivity contribution is 7.99. The van der Waals surface area contributed by atoms with Crippen LogP contribution in [-0.4, -0.2) is 21.6 Å². The first-order chi connectivity index (χ1) is 8.92. The highest BCUT2D eigenvalue weighted by Crippen LogP contribution is 2.27. The van der Waals surface area contributed by atoms with Crippen molar-refractivity contribution in [3.63, 3.8) is 0 Å². The van der Waals surface area contributed by atoms with Crippen molar-refractivity contribution in [3.8, 4) is 0 Å². The molecule has 0 atom stereocenters. The average molecular weight is 278 g/mol. The van der Waals surface area contributed by atoms with Crippen LogP contribution in [0.25, 0.3) is 11.0 Å². The Morgan fingerprint density at radius 3 is 2.95 bits per heavy atom. The lowest BCUT2D eigenvalue weighted by atomic mass is 9.96. The number of carbonyl (C=O) groups is 1. The van der Waals surface area contributed by atoms with Gasteiger partial charge in [0.15, 0.2) is 5.16 Å². The van der Waals surface area contributed by atoms with Gasteiger partial charge in [-0.25, -0.2) is 10.8 Å². The number of thioether (sulfide) groups is 1. The predicted molar refractivity (Wildman–Crippen MR) is 77.7 cm³/mol. The molecule has 0 saturated heterocycles. The Balaban J connectivity index is 2.12. The summed E-state index contributed by atoms with van der Waals surface area (Å²) in [5.74, 6) is 5.60. The zero-order chi connectivity index (χ0) is 14.0. The van der Waals surface area contributed by atoms with E-state index in [4.69, 9.17) is 5.84 Å². The maximum absolute atomic E-state index is 11.6. The van der Waals surface area contributed by atoms with Crippen LogP contribution in [-0.2, 0) is 4.79 Å². The van der Waals surface area contributed by atoms with Crippen LogP contribution in [0.5, 0.6) is 0 Å². The van der Waals surface area contributed by atoms with Gasteiger partial charge >= 0.3 is 0 Å². The van der Waals surface area contributed by atoms with Crippen molar-refractivity contribution in [2.24, 2.45) is 11.3 Å². The lowest BCUT2D eigenvalue weighted by molar-refractivity contribution is -0.128. The molecule has 5 nitrogen and oxygen atoms in total. The number of aryl methyl sites for hydroxylation is 1. The van der Waals surface area contributed by atoms with Crippen LogP contribution < -0.4 is 11.3 Å². The maximum Gasteiger partial charge on any atom is 0.240 e. The van der Waals surface area contributed by atoms with E-state index in [9.17, 15) is 4.79 Å². The summed E-state index contributed by atoms with van der Waals surface area (Å²) in [7, 11) is 0. The Hall–Kier alpha value is -1.53. The third-order valence-electron chi connectivity index (χ3n) is 2.93. The Morgan fingerprint density at radius 2 is 2.26 bits per heavy atom. The van der Waals surface area contributed by atoms with E-state index in [2.05, 4.69) is 21.5 Å². The number of hydrogen-bond acceptors (Lipinski definition) is 4. The van der Waals surface area contributed by atoms with Gasteiger partial charge in [-0.2, -0.15) is 0 Å². The van der Waals surface area contributed by atoms with E-state index in [1.54, 1.807) is 0 Å². The molecule has 0 radical (unpaired) electrons. The molecule has 6 heteroatoms. The molecule has 0 saturated carbocycles. The van der Waals surface area contributed by atoms with E-state index in [1.165, 1.54) is 17.3 Å². The first-order valence-corrected chi connectivity index (χ1v) is 7.01. The summed E-state index contributed by atoms with van der Waals surface area (Å²) in [6, 6.07) is 6.08. The maximum atomic E-state index is 11.6. The molecule has 1 aromatic carbocycles. The first-order valence-electron chi connectivity index (χ1n) is 6.02. The molecule has 0 bridgehead atoms. The van der Waals surface area contributed by atoms with Crippen LogP contribution in [0, 0.1) is 12.3 Å². The molecule has 0 aliphatic rings. The smallest absolute Gasteiger partial charge is 0.240 e. The van der Waals surface area contributed by atoms with Crippen molar-refractivity contribution < 1.29 is 4.79 Å². The van der Waals surface area contributed by atoms with Gasteiger partial charge < -0.3 is 4.98 Å². The number of nitrogens with two attached hydrogens (primary N) is 1. The van der Waals surface area contributed by atoms with Gasteiger partial charge in [-0.1, -0.05) is 31.7 Å². The number of imidazole rings is 1. The van der Waals surface area contributed by atoms with E-state index in [-0.39, 0.29) is 5.91 Å². The summed E-state index contributed by atoms with van der Waals surface area (Å²) < 4.78 is 0. The number of aromatic amines is 1. The van der Waals surface area contributed by atoms with Crippen molar-refractivity contribution in [1.29, 1.82) is 0 Å². The number of hydrazine groups is 1. The fraction of sp³-hybridized carbons (Fsp3) is 0.385. The van der Waals surface area contributed by atoms with Crippen LogP contribution >= 0.6 is 11.8 Å².